The largest absolute Gasteiger partial charge is 0.481 e. The fourth-order valence-corrected chi connectivity index (χ4v) is 1.29. The number of benzene rings is 1. The predicted octanol–water partition coefficient (Wildman–Crippen LogP) is 2.23. The van der Waals surface area contributed by atoms with E-state index in [1.54, 1.807) is 12.1 Å². The van der Waals surface area contributed by atoms with Crippen LogP contribution < -0.4 is 5.32 Å². The Morgan fingerprint density at radius 3 is 2.56 bits per heavy atom. The van der Waals surface area contributed by atoms with Crippen LogP contribution in [0.25, 0.3) is 0 Å². The Hall–Kier alpha value is -2.23. The van der Waals surface area contributed by atoms with Crippen molar-refractivity contribution in [1.82, 2.24) is 0 Å². The van der Waals surface area contributed by atoms with Gasteiger partial charge in [0.15, 0.2) is 5.92 Å². The maximum Gasteiger partial charge on any atom is 0.403 e. The zero-order valence-corrected chi connectivity index (χ0v) is 9.03. The zero-order valence-electron chi connectivity index (χ0n) is 9.03. The Morgan fingerprint density at radius 2 is 2.06 bits per heavy atom. The fourth-order valence-electron chi connectivity index (χ4n) is 1.29. The van der Waals surface area contributed by atoms with Crippen molar-refractivity contribution in [3.05, 3.63) is 29.8 Å². The maximum absolute atomic E-state index is 12.4. The second-order valence-electron chi connectivity index (χ2n) is 3.47. The number of carboxylic acid groups (broad SMARTS) is 1. The summed E-state index contributed by atoms with van der Waals surface area (Å²) >= 11 is 0. The summed E-state index contributed by atoms with van der Waals surface area (Å²) in [7, 11) is 0. The molecule has 0 aliphatic rings. The van der Waals surface area contributed by atoms with Crippen LogP contribution in [0.2, 0.25) is 0 Å². The van der Waals surface area contributed by atoms with E-state index in [-0.39, 0.29) is 11.3 Å². The molecule has 1 atom stereocenters. The molecule has 0 bridgehead atoms. The molecule has 0 aromatic heterocycles. The summed E-state index contributed by atoms with van der Waals surface area (Å²) in [5.41, 5.74) is 0.333. The number of carboxylic acids is 1. The highest BCUT2D eigenvalue weighted by Gasteiger charge is 2.44. The van der Waals surface area contributed by atoms with Crippen molar-refractivity contribution in [2.24, 2.45) is 5.92 Å². The molecule has 2 N–H and O–H groups in total. The van der Waals surface area contributed by atoms with Crippen LogP contribution in [-0.4, -0.2) is 23.8 Å². The van der Waals surface area contributed by atoms with Gasteiger partial charge in [0.2, 0.25) is 0 Å². The predicted molar refractivity (Wildman–Crippen MR) is 56.8 cm³/mol. The van der Waals surface area contributed by atoms with E-state index < -0.39 is 24.6 Å². The van der Waals surface area contributed by atoms with Gasteiger partial charge in [0, 0.05) is 6.54 Å². The number of anilines is 1. The molecular weight excluding hydrogens is 249 g/mol. The number of aliphatic carboxylic acids is 1. The quantitative estimate of drug-likeness (QED) is 0.868. The molecule has 0 fully saturated rings. The monoisotopic (exact) mass is 258 g/mol. The minimum atomic E-state index is -4.83. The first-order chi connectivity index (χ1) is 8.36. The van der Waals surface area contributed by atoms with Gasteiger partial charge >= 0.3 is 12.1 Å². The molecule has 0 spiro atoms. The Morgan fingerprint density at radius 1 is 1.44 bits per heavy atom. The van der Waals surface area contributed by atoms with Gasteiger partial charge in [-0.3, -0.25) is 4.79 Å². The van der Waals surface area contributed by atoms with Gasteiger partial charge in [0.1, 0.15) is 6.07 Å². The lowest BCUT2D eigenvalue weighted by Crippen LogP contribution is -2.36. The van der Waals surface area contributed by atoms with Crippen molar-refractivity contribution in [3.8, 4) is 6.07 Å². The first-order valence-corrected chi connectivity index (χ1v) is 4.88. The Bertz CT molecular complexity index is 480. The van der Waals surface area contributed by atoms with E-state index in [9.17, 15) is 18.0 Å². The minimum absolute atomic E-state index is 0.156. The highest BCUT2D eigenvalue weighted by Crippen LogP contribution is 2.27. The average molecular weight is 258 g/mol. The standard InChI is InChI=1S/C11H9F3N2O2/c12-11(13,14)8(10(17)18)6-16-9-4-2-1-3-7(9)5-15/h1-4,8,16H,6H2,(H,17,18). The minimum Gasteiger partial charge on any atom is -0.481 e. The van der Waals surface area contributed by atoms with Crippen molar-refractivity contribution in [3.63, 3.8) is 0 Å². The van der Waals surface area contributed by atoms with Gasteiger partial charge in [-0.05, 0) is 12.1 Å². The van der Waals surface area contributed by atoms with Crippen LogP contribution >= 0.6 is 0 Å². The number of para-hydroxylation sites is 1. The third-order valence-corrected chi connectivity index (χ3v) is 2.24. The molecule has 0 aliphatic heterocycles. The molecule has 96 valence electrons. The molecule has 1 aromatic rings. The number of halogens is 3. The van der Waals surface area contributed by atoms with Gasteiger partial charge in [0.05, 0.1) is 11.3 Å². The molecule has 0 heterocycles. The number of nitrogens with zero attached hydrogens (tertiary/aromatic N) is 1. The molecular formula is C11H9F3N2O2. The molecule has 1 unspecified atom stereocenters. The van der Waals surface area contributed by atoms with Crippen LogP contribution in [0.4, 0.5) is 18.9 Å². The van der Waals surface area contributed by atoms with E-state index in [0.29, 0.717) is 0 Å². The van der Waals surface area contributed by atoms with E-state index in [0.717, 1.165) is 0 Å². The van der Waals surface area contributed by atoms with Crippen LogP contribution in [0, 0.1) is 17.2 Å². The Labute approximate surface area is 101 Å². The van der Waals surface area contributed by atoms with Gasteiger partial charge < -0.3 is 10.4 Å². The van der Waals surface area contributed by atoms with Crippen molar-refractivity contribution >= 4 is 11.7 Å². The molecule has 0 amide bonds. The molecule has 0 saturated heterocycles. The summed E-state index contributed by atoms with van der Waals surface area (Å²) < 4.78 is 37.1. The number of hydrogen-bond acceptors (Lipinski definition) is 3. The summed E-state index contributed by atoms with van der Waals surface area (Å²) in [4.78, 5) is 10.5. The van der Waals surface area contributed by atoms with Crippen LogP contribution in [0.15, 0.2) is 24.3 Å². The second-order valence-corrected chi connectivity index (χ2v) is 3.47. The zero-order chi connectivity index (χ0) is 13.8. The second kappa shape index (κ2) is 5.40. The molecule has 1 aromatic carbocycles. The van der Waals surface area contributed by atoms with Crippen LogP contribution in [-0.2, 0) is 4.79 Å². The van der Waals surface area contributed by atoms with Gasteiger partial charge in [0.25, 0.3) is 0 Å². The number of rotatable bonds is 4. The normalized spacial score (nSPS) is 12.6. The first kappa shape index (κ1) is 13.8. The summed E-state index contributed by atoms with van der Waals surface area (Å²) in [6, 6.07) is 7.72. The van der Waals surface area contributed by atoms with Crippen molar-refractivity contribution in [1.29, 1.82) is 5.26 Å². The molecule has 0 aliphatic carbocycles. The van der Waals surface area contributed by atoms with E-state index >= 15 is 0 Å². The summed E-state index contributed by atoms with van der Waals surface area (Å²) in [6.07, 6.45) is -4.83. The lowest BCUT2D eigenvalue weighted by atomic mass is 10.1. The van der Waals surface area contributed by atoms with E-state index in [4.69, 9.17) is 10.4 Å². The first-order valence-electron chi connectivity index (χ1n) is 4.88. The van der Waals surface area contributed by atoms with Gasteiger partial charge in [-0.2, -0.15) is 18.4 Å². The number of nitriles is 1. The third kappa shape index (κ3) is 3.38. The molecule has 1 rings (SSSR count). The number of nitrogens with one attached hydrogen (secondary N) is 1. The van der Waals surface area contributed by atoms with Gasteiger partial charge in [-0.1, -0.05) is 12.1 Å². The molecule has 18 heavy (non-hydrogen) atoms. The van der Waals surface area contributed by atoms with Crippen molar-refractivity contribution < 1.29 is 23.1 Å². The van der Waals surface area contributed by atoms with E-state index in [1.807, 2.05) is 0 Å². The lowest BCUT2D eigenvalue weighted by Gasteiger charge is -2.17. The van der Waals surface area contributed by atoms with Gasteiger partial charge in [-0.25, -0.2) is 0 Å². The molecule has 0 saturated carbocycles. The van der Waals surface area contributed by atoms with E-state index in [1.165, 1.54) is 18.2 Å². The van der Waals surface area contributed by atoms with Crippen molar-refractivity contribution in [2.45, 2.75) is 6.18 Å². The van der Waals surface area contributed by atoms with Crippen molar-refractivity contribution in [2.75, 3.05) is 11.9 Å². The number of hydrogen-bond donors (Lipinski definition) is 2. The van der Waals surface area contributed by atoms with Crippen LogP contribution in [0.3, 0.4) is 0 Å². The summed E-state index contributed by atoms with van der Waals surface area (Å²) in [6.45, 7) is -0.822. The number of carbonyl (C=O) groups is 1. The lowest BCUT2D eigenvalue weighted by molar-refractivity contribution is -0.190. The summed E-state index contributed by atoms with van der Waals surface area (Å²) in [5, 5.41) is 19.5. The average Bonchev–Trinajstić information content (AvgIpc) is 2.27. The highest BCUT2D eigenvalue weighted by molar-refractivity contribution is 5.72. The van der Waals surface area contributed by atoms with Gasteiger partial charge in [-0.15, -0.1) is 0 Å². The third-order valence-electron chi connectivity index (χ3n) is 2.24. The SMILES string of the molecule is N#Cc1ccccc1NCC(C(=O)O)C(F)(F)F. The fraction of sp³-hybridized carbons (Fsp3) is 0.273. The Kier molecular flexibility index (Phi) is 4.15. The highest BCUT2D eigenvalue weighted by atomic mass is 19.4. The molecule has 0 radical (unpaired) electrons. The van der Waals surface area contributed by atoms with E-state index in [2.05, 4.69) is 5.32 Å². The van der Waals surface area contributed by atoms with Crippen LogP contribution in [0.1, 0.15) is 5.56 Å². The van der Waals surface area contributed by atoms with Crippen LogP contribution in [0.5, 0.6) is 0 Å². The summed E-state index contributed by atoms with van der Waals surface area (Å²) in [5.74, 6) is -4.46. The number of alkyl halides is 3. The Balaban J connectivity index is 2.81. The molecule has 7 heteroatoms. The topological polar surface area (TPSA) is 73.1 Å². The molecule has 4 nitrogen and oxygen atoms in total. The smallest absolute Gasteiger partial charge is 0.403 e. The maximum atomic E-state index is 12.4.